The van der Waals surface area contributed by atoms with Gasteiger partial charge < -0.3 is 10.4 Å². The van der Waals surface area contributed by atoms with E-state index in [0.717, 1.165) is 42.1 Å². The SMILES string of the molecule is C[C@@H](C(=O)NCC1(CO)CCCC1)N1C(=O)c2cccc3cccc1c23. The van der Waals surface area contributed by atoms with Crippen LogP contribution in [0.3, 0.4) is 0 Å². The number of aliphatic hydroxyl groups is 1. The molecule has 2 N–H and O–H groups in total. The summed E-state index contributed by atoms with van der Waals surface area (Å²) < 4.78 is 0. The Bertz CT molecular complexity index is 865. The Labute approximate surface area is 153 Å². The molecule has 136 valence electrons. The smallest absolute Gasteiger partial charge is 0.259 e. The van der Waals surface area contributed by atoms with E-state index in [1.807, 2.05) is 36.4 Å². The van der Waals surface area contributed by atoms with Crippen LogP contribution in [0.1, 0.15) is 43.0 Å². The normalized spacial score (nSPS) is 19.2. The molecule has 0 radical (unpaired) electrons. The van der Waals surface area contributed by atoms with E-state index >= 15 is 0 Å². The maximum atomic E-state index is 12.9. The van der Waals surface area contributed by atoms with E-state index in [-0.39, 0.29) is 23.8 Å². The average Bonchev–Trinajstić information content (AvgIpc) is 3.25. The Morgan fingerprint density at radius 1 is 1.23 bits per heavy atom. The fourth-order valence-electron chi connectivity index (χ4n) is 4.38. The van der Waals surface area contributed by atoms with Crippen LogP contribution in [0.5, 0.6) is 0 Å². The Kier molecular flexibility index (Phi) is 4.19. The van der Waals surface area contributed by atoms with Crippen molar-refractivity contribution in [2.45, 2.75) is 38.6 Å². The molecule has 26 heavy (non-hydrogen) atoms. The Morgan fingerprint density at radius 3 is 2.62 bits per heavy atom. The summed E-state index contributed by atoms with van der Waals surface area (Å²) in [6, 6.07) is 10.9. The van der Waals surface area contributed by atoms with Crippen LogP contribution < -0.4 is 10.2 Å². The first kappa shape index (κ1) is 17.0. The van der Waals surface area contributed by atoms with Crippen LogP contribution in [0, 0.1) is 5.41 Å². The third kappa shape index (κ3) is 2.58. The minimum absolute atomic E-state index is 0.0923. The summed E-state index contributed by atoms with van der Waals surface area (Å²) in [7, 11) is 0. The summed E-state index contributed by atoms with van der Waals surface area (Å²) in [6.07, 6.45) is 4.05. The number of benzene rings is 2. The van der Waals surface area contributed by atoms with Gasteiger partial charge in [0, 0.05) is 22.9 Å². The summed E-state index contributed by atoms with van der Waals surface area (Å²) in [5.74, 6) is -0.305. The predicted octanol–water partition coefficient (Wildman–Crippen LogP) is 2.86. The number of nitrogens with one attached hydrogen (secondary N) is 1. The second kappa shape index (κ2) is 6.40. The quantitative estimate of drug-likeness (QED) is 0.869. The van der Waals surface area contributed by atoms with Crippen LogP contribution in [-0.2, 0) is 4.79 Å². The topological polar surface area (TPSA) is 69.6 Å². The number of carbonyl (C=O) groups is 2. The van der Waals surface area contributed by atoms with E-state index in [1.54, 1.807) is 11.8 Å². The molecule has 0 bridgehead atoms. The highest BCUT2D eigenvalue weighted by Crippen LogP contribution is 2.39. The van der Waals surface area contributed by atoms with Crippen molar-refractivity contribution in [1.82, 2.24) is 5.32 Å². The molecule has 2 aliphatic rings. The molecule has 2 aromatic carbocycles. The highest BCUT2D eigenvalue weighted by Gasteiger charge is 2.38. The molecule has 1 fully saturated rings. The van der Waals surface area contributed by atoms with Gasteiger partial charge in [0.15, 0.2) is 0 Å². The number of hydrogen-bond donors (Lipinski definition) is 2. The lowest BCUT2D eigenvalue weighted by Gasteiger charge is -2.29. The van der Waals surface area contributed by atoms with Gasteiger partial charge in [0.2, 0.25) is 5.91 Å². The van der Waals surface area contributed by atoms with Gasteiger partial charge in [-0.05, 0) is 37.3 Å². The molecule has 1 atom stereocenters. The first-order valence-corrected chi connectivity index (χ1v) is 9.30. The van der Waals surface area contributed by atoms with Crippen molar-refractivity contribution >= 4 is 28.3 Å². The van der Waals surface area contributed by atoms with Crippen LogP contribution in [0.2, 0.25) is 0 Å². The van der Waals surface area contributed by atoms with Gasteiger partial charge >= 0.3 is 0 Å². The lowest BCUT2D eigenvalue weighted by Crippen LogP contribution is -2.49. The Balaban J connectivity index is 1.55. The minimum Gasteiger partial charge on any atom is -0.396 e. The van der Waals surface area contributed by atoms with Crippen molar-refractivity contribution < 1.29 is 14.7 Å². The summed E-state index contributed by atoms with van der Waals surface area (Å²) in [6.45, 7) is 2.32. The second-order valence-electron chi connectivity index (χ2n) is 7.61. The van der Waals surface area contributed by atoms with Gasteiger partial charge in [-0.15, -0.1) is 0 Å². The summed E-state index contributed by atoms with van der Waals surface area (Å²) in [5, 5.41) is 14.6. The van der Waals surface area contributed by atoms with Crippen molar-refractivity contribution in [2.24, 2.45) is 5.41 Å². The number of hydrogen-bond acceptors (Lipinski definition) is 3. The Morgan fingerprint density at radius 2 is 1.92 bits per heavy atom. The van der Waals surface area contributed by atoms with Gasteiger partial charge in [-0.25, -0.2) is 0 Å². The monoisotopic (exact) mass is 352 g/mol. The van der Waals surface area contributed by atoms with E-state index in [9.17, 15) is 14.7 Å². The van der Waals surface area contributed by atoms with E-state index in [2.05, 4.69) is 5.32 Å². The third-order valence-corrected chi connectivity index (χ3v) is 6.00. The standard InChI is InChI=1S/C21H24N2O3/c1-14(19(25)22-12-21(13-24)10-2-3-11-21)23-17-9-5-7-15-6-4-8-16(18(15)17)20(23)26/h4-9,14,24H,2-3,10-13H2,1H3,(H,22,25)/t14-/m0/s1. The molecule has 1 saturated carbocycles. The van der Waals surface area contributed by atoms with Crippen LogP contribution in [-0.4, -0.2) is 36.1 Å². The molecule has 0 saturated heterocycles. The molecule has 2 aromatic rings. The van der Waals surface area contributed by atoms with Crippen LogP contribution in [0.25, 0.3) is 10.8 Å². The van der Waals surface area contributed by atoms with Gasteiger partial charge in [-0.2, -0.15) is 0 Å². The zero-order valence-electron chi connectivity index (χ0n) is 15.0. The molecule has 1 aliphatic carbocycles. The van der Waals surface area contributed by atoms with Crippen LogP contribution in [0.4, 0.5) is 5.69 Å². The predicted molar refractivity (Wildman–Crippen MR) is 101 cm³/mol. The van der Waals surface area contributed by atoms with E-state index in [1.165, 1.54) is 0 Å². The molecule has 1 aliphatic heterocycles. The van der Waals surface area contributed by atoms with Crippen molar-refractivity contribution in [3.63, 3.8) is 0 Å². The van der Waals surface area contributed by atoms with Gasteiger partial charge in [0.25, 0.3) is 5.91 Å². The zero-order valence-corrected chi connectivity index (χ0v) is 15.0. The number of aliphatic hydroxyl groups excluding tert-OH is 1. The van der Waals surface area contributed by atoms with Crippen LogP contribution in [0.15, 0.2) is 36.4 Å². The number of carbonyl (C=O) groups excluding carboxylic acids is 2. The number of amides is 2. The first-order chi connectivity index (χ1) is 12.6. The maximum absolute atomic E-state index is 12.9. The molecule has 5 nitrogen and oxygen atoms in total. The molecule has 0 spiro atoms. The summed E-state index contributed by atoms with van der Waals surface area (Å²) in [4.78, 5) is 27.3. The molecule has 5 heteroatoms. The lowest BCUT2D eigenvalue weighted by molar-refractivity contribution is -0.122. The first-order valence-electron chi connectivity index (χ1n) is 9.30. The van der Waals surface area contributed by atoms with Crippen molar-refractivity contribution in [2.75, 3.05) is 18.1 Å². The fourth-order valence-corrected chi connectivity index (χ4v) is 4.38. The van der Waals surface area contributed by atoms with E-state index < -0.39 is 6.04 Å². The molecule has 2 amide bonds. The minimum atomic E-state index is -0.599. The molecular formula is C21H24N2O3. The molecule has 1 heterocycles. The van der Waals surface area contributed by atoms with Gasteiger partial charge in [0.1, 0.15) is 6.04 Å². The van der Waals surface area contributed by atoms with Gasteiger partial charge in [-0.3, -0.25) is 14.5 Å². The summed E-state index contributed by atoms with van der Waals surface area (Å²) in [5.41, 5.74) is 1.25. The van der Waals surface area contributed by atoms with Crippen LogP contribution >= 0.6 is 0 Å². The van der Waals surface area contributed by atoms with Crippen molar-refractivity contribution in [3.8, 4) is 0 Å². The third-order valence-electron chi connectivity index (χ3n) is 6.00. The van der Waals surface area contributed by atoms with Crippen molar-refractivity contribution in [1.29, 1.82) is 0 Å². The largest absolute Gasteiger partial charge is 0.396 e. The van der Waals surface area contributed by atoms with E-state index in [0.29, 0.717) is 12.1 Å². The highest BCUT2D eigenvalue weighted by atomic mass is 16.3. The molecular weight excluding hydrogens is 328 g/mol. The van der Waals surface area contributed by atoms with E-state index in [4.69, 9.17) is 0 Å². The second-order valence-corrected chi connectivity index (χ2v) is 7.61. The molecule has 4 rings (SSSR count). The number of rotatable bonds is 5. The maximum Gasteiger partial charge on any atom is 0.259 e. The number of nitrogens with zero attached hydrogens (tertiary/aromatic N) is 1. The van der Waals surface area contributed by atoms with Crippen molar-refractivity contribution in [3.05, 3.63) is 42.0 Å². The van der Waals surface area contributed by atoms with Gasteiger partial charge in [-0.1, -0.05) is 37.1 Å². The zero-order chi connectivity index (χ0) is 18.3. The fraction of sp³-hybridized carbons (Fsp3) is 0.429. The average molecular weight is 352 g/mol. The number of anilines is 1. The van der Waals surface area contributed by atoms with Gasteiger partial charge in [0.05, 0.1) is 12.3 Å². The Hall–Kier alpha value is -2.40. The molecule has 0 aromatic heterocycles. The summed E-state index contributed by atoms with van der Waals surface area (Å²) >= 11 is 0. The highest BCUT2D eigenvalue weighted by molar-refractivity contribution is 6.26. The lowest BCUT2D eigenvalue weighted by atomic mass is 9.87. The molecule has 0 unspecified atom stereocenters.